The van der Waals surface area contributed by atoms with Crippen molar-refractivity contribution in [1.29, 1.82) is 5.26 Å². The van der Waals surface area contributed by atoms with Crippen molar-refractivity contribution in [3.63, 3.8) is 0 Å². The number of allylic oxidation sites excluding steroid dienone is 1. The molecular formula is C12H21NO2. The van der Waals surface area contributed by atoms with E-state index in [4.69, 9.17) is 10.00 Å². The SMILES string of the molecule is CC.CCOC(C)(C)/C=C(\C#N)C(C)=O. The second-order valence-corrected chi connectivity index (χ2v) is 3.26. The molecule has 15 heavy (non-hydrogen) atoms. The van der Waals surface area contributed by atoms with Crippen LogP contribution in [0.5, 0.6) is 0 Å². The van der Waals surface area contributed by atoms with E-state index in [1.54, 1.807) is 6.08 Å². The summed E-state index contributed by atoms with van der Waals surface area (Å²) in [6, 6.07) is 1.85. The normalized spacial score (nSPS) is 11.1. The lowest BCUT2D eigenvalue weighted by Crippen LogP contribution is -2.22. The maximum atomic E-state index is 10.9. The van der Waals surface area contributed by atoms with Gasteiger partial charge >= 0.3 is 0 Å². The minimum Gasteiger partial charge on any atom is -0.372 e. The Bertz CT molecular complexity index is 259. The summed E-state index contributed by atoms with van der Waals surface area (Å²) in [7, 11) is 0. The summed E-state index contributed by atoms with van der Waals surface area (Å²) in [6.45, 7) is 11.4. The van der Waals surface area contributed by atoms with E-state index >= 15 is 0 Å². The number of rotatable bonds is 4. The molecule has 0 aromatic carbocycles. The van der Waals surface area contributed by atoms with Crippen molar-refractivity contribution >= 4 is 5.78 Å². The zero-order valence-corrected chi connectivity index (χ0v) is 10.5. The van der Waals surface area contributed by atoms with Crippen LogP contribution in [-0.4, -0.2) is 18.0 Å². The molecule has 0 aromatic heterocycles. The van der Waals surface area contributed by atoms with Crippen molar-refractivity contribution in [1.82, 2.24) is 0 Å². The average Bonchev–Trinajstić information content (AvgIpc) is 2.17. The Balaban J connectivity index is 0. The van der Waals surface area contributed by atoms with Crippen molar-refractivity contribution in [3.8, 4) is 6.07 Å². The summed E-state index contributed by atoms with van der Waals surface area (Å²) >= 11 is 0. The van der Waals surface area contributed by atoms with Gasteiger partial charge < -0.3 is 4.74 Å². The molecule has 0 fully saturated rings. The Morgan fingerprint density at radius 2 is 1.93 bits per heavy atom. The standard InChI is InChI=1S/C10H15NO2.C2H6/c1-5-13-10(3,4)6-9(7-11)8(2)12;1-2/h6H,5H2,1-4H3;1-2H3/b9-6+;. The Morgan fingerprint density at radius 3 is 2.20 bits per heavy atom. The molecule has 3 heteroatoms. The summed E-state index contributed by atoms with van der Waals surface area (Å²) in [4.78, 5) is 10.9. The third kappa shape index (κ3) is 7.90. The van der Waals surface area contributed by atoms with Gasteiger partial charge in [0.2, 0.25) is 0 Å². The number of nitriles is 1. The smallest absolute Gasteiger partial charge is 0.170 e. The number of carbonyl (C=O) groups is 1. The quantitative estimate of drug-likeness (QED) is 0.530. The molecule has 0 spiro atoms. The second-order valence-electron chi connectivity index (χ2n) is 3.26. The highest BCUT2D eigenvalue weighted by Crippen LogP contribution is 2.13. The Labute approximate surface area is 92.7 Å². The van der Waals surface area contributed by atoms with E-state index in [1.807, 2.05) is 40.7 Å². The fourth-order valence-electron chi connectivity index (χ4n) is 0.974. The van der Waals surface area contributed by atoms with Gasteiger partial charge in [-0.2, -0.15) is 5.26 Å². The molecule has 0 aliphatic heterocycles. The van der Waals surface area contributed by atoms with Gasteiger partial charge in [0.05, 0.1) is 11.2 Å². The zero-order valence-electron chi connectivity index (χ0n) is 10.5. The van der Waals surface area contributed by atoms with Crippen molar-refractivity contribution < 1.29 is 9.53 Å². The molecule has 0 aromatic rings. The van der Waals surface area contributed by atoms with Crippen molar-refractivity contribution in [2.75, 3.05) is 6.61 Å². The molecule has 0 amide bonds. The lowest BCUT2D eigenvalue weighted by molar-refractivity contribution is -0.113. The van der Waals surface area contributed by atoms with Crippen LogP contribution in [0.4, 0.5) is 0 Å². The van der Waals surface area contributed by atoms with Gasteiger partial charge in [-0.3, -0.25) is 4.79 Å². The summed E-state index contributed by atoms with van der Waals surface area (Å²) in [5.41, 5.74) is -0.399. The number of ketones is 1. The van der Waals surface area contributed by atoms with Crippen molar-refractivity contribution in [3.05, 3.63) is 11.6 Å². The third-order valence-corrected chi connectivity index (χ3v) is 1.51. The van der Waals surface area contributed by atoms with Gasteiger partial charge in [-0.15, -0.1) is 0 Å². The van der Waals surface area contributed by atoms with E-state index in [2.05, 4.69) is 0 Å². The zero-order chi connectivity index (χ0) is 12.5. The lowest BCUT2D eigenvalue weighted by atomic mass is 10.0. The predicted octanol–water partition coefficient (Wildman–Crippen LogP) is 2.87. The number of nitrogens with zero attached hydrogens (tertiary/aromatic N) is 1. The highest BCUT2D eigenvalue weighted by Gasteiger charge is 2.16. The number of carbonyl (C=O) groups excluding carboxylic acids is 1. The molecule has 0 saturated carbocycles. The van der Waals surface area contributed by atoms with Crippen LogP contribution in [0.1, 0.15) is 41.5 Å². The highest BCUT2D eigenvalue weighted by molar-refractivity contribution is 5.97. The lowest BCUT2D eigenvalue weighted by Gasteiger charge is -2.20. The first-order valence-corrected chi connectivity index (χ1v) is 5.20. The van der Waals surface area contributed by atoms with Gasteiger partial charge in [0.15, 0.2) is 5.78 Å². The van der Waals surface area contributed by atoms with E-state index in [9.17, 15) is 4.79 Å². The number of ether oxygens (including phenoxy) is 1. The Morgan fingerprint density at radius 1 is 1.47 bits per heavy atom. The molecule has 0 rings (SSSR count). The summed E-state index contributed by atoms with van der Waals surface area (Å²) in [5, 5.41) is 8.63. The molecule has 86 valence electrons. The monoisotopic (exact) mass is 211 g/mol. The predicted molar refractivity (Wildman–Crippen MR) is 61.4 cm³/mol. The Kier molecular flexibility index (Phi) is 8.90. The van der Waals surface area contributed by atoms with Crippen LogP contribution in [0.15, 0.2) is 11.6 Å². The molecule has 0 heterocycles. The minimum atomic E-state index is -0.550. The minimum absolute atomic E-state index is 0.151. The molecular weight excluding hydrogens is 190 g/mol. The second kappa shape index (κ2) is 8.19. The molecule has 0 radical (unpaired) electrons. The highest BCUT2D eigenvalue weighted by atomic mass is 16.5. The number of Topliss-reactive ketones (excluding diaryl/α,β-unsaturated/α-hetero) is 1. The third-order valence-electron chi connectivity index (χ3n) is 1.51. The van der Waals surface area contributed by atoms with Crippen LogP contribution in [-0.2, 0) is 9.53 Å². The van der Waals surface area contributed by atoms with Crippen LogP contribution < -0.4 is 0 Å². The maximum absolute atomic E-state index is 10.9. The first-order chi connectivity index (χ1) is 6.93. The van der Waals surface area contributed by atoms with E-state index in [-0.39, 0.29) is 11.4 Å². The summed E-state index contributed by atoms with van der Waals surface area (Å²) in [5.74, 6) is -0.227. The molecule has 0 N–H and O–H groups in total. The molecule has 0 atom stereocenters. The molecule has 0 saturated heterocycles. The van der Waals surface area contributed by atoms with E-state index in [0.717, 1.165) is 0 Å². The van der Waals surface area contributed by atoms with Gasteiger partial charge in [0, 0.05) is 6.61 Å². The van der Waals surface area contributed by atoms with Gasteiger partial charge in [-0.1, -0.05) is 13.8 Å². The fourth-order valence-corrected chi connectivity index (χ4v) is 0.974. The van der Waals surface area contributed by atoms with Crippen LogP contribution in [0.2, 0.25) is 0 Å². The fraction of sp³-hybridized carbons (Fsp3) is 0.667. The van der Waals surface area contributed by atoms with Crippen LogP contribution in [0.3, 0.4) is 0 Å². The van der Waals surface area contributed by atoms with E-state index in [1.165, 1.54) is 6.92 Å². The van der Waals surface area contributed by atoms with E-state index in [0.29, 0.717) is 6.61 Å². The van der Waals surface area contributed by atoms with Gasteiger partial charge in [0.1, 0.15) is 6.07 Å². The summed E-state index contributed by atoms with van der Waals surface area (Å²) in [6.07, 6.45) is 1.55. The van der Waals surface area contributed by atoms with Crippen LogP contribution in [0.25, 0.3) is 0 Å². The van der Waals surface area contributed by atoms with Crippen LogP contribution >= 0.6 is 0 Å². The van der Waals surface area contributed by atoms with Gasteiger partial charge in [0.25, 0.3) is 0 Å². The van der Waals surface area contributed by atoms with Crippen molar-refractivity contribution in [2.24, 2.45) is 0 Å². The van der Waals surface area contributed by atoms with E-state index < -0.39 is 5.60 Å². The average molecular weight is 211 g/mol. The van der Waals surface area contributed by atoms with Crippen LogP contribution in [0, 0.1) is 11.3 Å². The topological polar surface area (TPSA) is 50.1 Å². The van der Waals surface area contributed by atoms with Gasteiger partial charge in [-0.05, 0) is 33.8 Å². The maximum Gasteiger partial charge on any atom is 0.170 e. The largest absolute Gasteiger partial charge is 0.372 e. The number of hydrogen-bond acceptors (Lipinski definition) is 3. The molecule has 3 nitrogen and oxygen atoms in total. The molecule has 0 unspecified atom stereocenters. The Hall–Kier alpha value is -1.14. The first-order valence-electron chi connectivity index (χ1n) is 5.20. The van der Waals surface area contributed by atoms with Gasteiger partial charge in [-0.25, -0.2) is 0 Å². The summed E-state index contributed by atoms with van der Waals surface area (Å²) < 4.78 is 5.33. The molecule has 0 aliphatic carbocycles. The number of hydrogen-bond donors (Lipinski definition) is 0. The molecule has 0 aliphatic rings. The molecule has 0 bridgehead atoms. The van der Waals surface area contributed by atoms with Crippen molar-refractivity contribution in [2.45, 2.75) is 47.1 Å². The first kappa shape index (κ1) is 16.3.